The molecule has 1 heterocycles. The number of fused-ring (bicyclic) bond motifs is 1. The van der Waals surface area contributed by atoms with Crippen LogP contribution in [0.2, 0.25) is 0 Å². The van der Waals surface area contributed by atoms with Gasteiger partial charge >= 0.3 is 0 Å². The van der Waals surface area contributed by atoms with Crippen molar-refractivity contribution >= 4 is 28.5 Å². The maximum absolute atomic E-state index is 11.7. The molecule has 0 aliphatic carbocycles. The van der Waals surface area contributed by atoms with Crippen molar-refractivity contribution in [1.29, 1.82) is 0 Å². The van der Waals surface area contributed by atoms with E-state index in [1.807, 2.05) is 24.3 Å². The van der Waals surface area contributed by atoms with Gasteiger partial charge in [0.15, 0.2) is 5.76 Å². The number of nitrogens with two attached hydrogens (primary N) is 1. The molecule has 0 spiro atoms. The van der Waals surface area contributed by atoms with Crippen LogP contribution in [0, 0.1) is 0 Å². The average molecular weight is 235 g/mol. The smallest absolute Gasteiger partial charge is 0.207 e. The molecular weight excluding hydrogens is 222 g/mol. The minimum atomic E-state index is 0.0228. The van der Waals surface area contributed by atoms with Gasteiger partial charge in [0.25, 0.3) is 0 Å². The van der Waals surface area contributed by atoms with Crippen LogP contribution in [0.25, 0.3) is 11.0 Å². The summed E-state index contributed by atoms with van der Waals surface area (Å²) in [7, 11) is 0. The van der Waals surface area contributed by atoms with Crippen molar-refractivity contribution in [1.82, 2.24) is 0 Å². The molecule has 4 heteroatoms. The number of carbonyl (C=O) groups excluding carboxylic acids is 1. The Morgan fingerprint density at radius 2 is 2.19 bits per heavy atom. The van der Waals surface area contributed by atoms with Gasteiger partial charge in [-0.15, -0.1) is 0 Å². The first-order valence-electron chi connectivity index (χ1n) is 5.11. The Balaban J connectivity index is 2.11. The van der Waals surface area contributed by atoms with Crippen molar-refractivity contribution in [2.24, 2.45) is 5.73 Å². The lowest BCUT2D eigenvalue weighted by Gasteiger charge is -1.95. The summed E-state index contributed by atoms with van der Waals surface area (Å²) in [5.74, 6) is 1.68. The van der Waals surface area contributed by atoms with Crippen LogP contribution in [0.5, 0.6) is 0 Å². The molecule has 0 amide bonds. The van der Waals surface area contributed by atoms with E-state index in [0.717, 1.165) is 16.7 Å². The van der Waals surface area contributed by atoms with Crippen LogP contribution < -0.4 is 5.73 Å². The minimum Gasteiger partial charge on any atom is -0.453 e. The molecule has 0 unspecified atom stereocenters. The largest absolute Gasteiger partial charge is 0.453 e. The number of furan rings is 1. The molecule has 16 heavy (non-hydrogen) atoms. The van der Waals surface area contributed by atoms with Gasteiger partial charge in [0.05, 0.1) is 5.75 Å². The van der Waals surface area contributed by atoms with Crippen LogP contribution in [0.1, 0.15) is 10.6 Å². The highest BCUT2D eigenvalue weighted by Crippen LogP contribution is 2.20. The van der Waals surface area contributed by atoms with Gasteiger partial charge in [-0.05, 0) is 12.1 Å². The number of benzene rings is 1. The molecule has 0 atom stereocenters. The normalized spacial score (nSPS) is 10.8. The fraction of sp³-hybridized carbons (Fsp3) is 0.250. The molecule has 1 aromatic heterocycles. The standard InChI is InChI=1S/C12H13NO2S/c13-5-6-16-8-10(14)12-7-9-3-1-2-4-11(9)15-12/h1-4,7H,5-6,8,13H2. The van der Waals surface area contributed by atoms with Gasteiger partial charge in [-0.3, -0.25) is 4.79 Å². The number of hydrogen-bond acceptors (Lipinski definition) is 4. The summed E-state index contributed by atoms with van der Waals surface area (Å²) >= 11 is 1.53. The van der Waals surface area contributed by atoms with Crippen molar-refractivity contribution in [3.63, 3.8) is 0 Å². The number of rotatable bonds is 5. The second-order valence-electron chi connectivity index (χ2n) is 3.41. The van der Waals surface area contributed by atoms with Crippen LogP contribution in [0.3, 0.4) is 0 Å². The third kappa shape index (κ3) is 2.46. The van der Waals surface area contributed by atoms with Gasteiger partial charge < -0.3 is 10.2 Å². The van der Waals surface area contributed by atoms with Crippen molar-refractivity contribution in [3.8, 4) is 0 Å². The molecule has 1 aromatic carbocycles. The Kier molecular flexibility index (Phi) is 3.64. The van der Waals surface area contributed by atoms with Crippen molar-refractivity contribution < 1.29 is 9.21 Å². The Labute approximate surface area is 98.0 Å². The van der Waals surface area contributed by atoms with Crippen LogP contribution in [0.15, 0.2) is 34.7 Å². The summed E-state index contributed by atoms with van der Waals surface area (Å²) in [5.41, 5.74) is 6.12. The van der Waals surface area contributed by atoms with E-state index in [4.69, 9.17) is 10.2 Å². The Morgan fingerprint density at radius 1 is 1.38 bits per heavy atom. The van der Waals surface area contributed by atoms with E-state index in [1.165, 1.54) is 11.8 Å². The van der Waals surface area contributed by atoms with Crippen LogP contribution in [-0.2, 0) is 0 Å². The number of hydrogen-bond donors (Lipinski definition) is 1. The molecule has 0 aliphatic rings. The quantitative estimate of drug-likeness (QED) is 0.638. The number of para-hydroxylation sites is 1. The monoisotopic (exact) mass is 235 g/mol. The van der Waals surface area contributed by atoms with Gasteiger partial charge in [-0.2, -0.15) is 11.8 Å². The lowest BCUT2D eigenvalue weighted by atomic mass is 10.2. The predicted molar refractivity (Wildman–Crippen MR) is 66.9 cm³/mol. The van der Waals surface area contributed by atoms with Crippen molar-refractivity contribution in [3.05, 3.63) is 36.1 Å². The lowest BCUT2D eigenvalue weighted by molar-refractivity contribution is 0.0994. The average Bonchev–Trinajstić information content (AvgIpc) is 2.73. The van der Waals surface area contributed by atoms with Crippen LogP contribution in [-0.4, -0.2) is 23.8 Å². The maximum Gasteiger partial charge on any atom is 0.207 e. The highest BCUT2D eigenvalue weighted by Gasteiger charge is 2.11. The first-order valence-corrected chi connectivity index (χ1v) is 6.26. The predicted octanol–water partition coefficient (Wildman–Crippen LogP) is 2.31. The molecule has 0 fully saturated rings. The molecule has 0 saturated carbocycles. The van der Waals surface area contributed by atoms with E-state index in [-0.39, 0.29) is 5.78 Å². The first-order chi connectivity index (χ1) is 7.81. The van der Waals surface area contributed by atoms with Gasteiger partial charge in [-0.25, -0.2) is 0 Å². The Hall–Kier alpha value is -1.26. The third-order valence-electron chi connectivity index (χ3n) is 2.20. The van der Waals surface area contributed by atoms with E-state index >= 15 is 0 Å². The van der Waals surface area contributed by atoms with Crippen molar-refractivity contribution in [2.75, 3.05) is 18.1 Å². The molecule has 2 aromatic rings. The van der Waals surface area contributed by atoms with Gasteiger partial charge in [0, 0.05) is 17.7 Å². The fourth-order valence-corrected chi connectivity index (χ4v) is 2.08. The molecule has 0 saturated heterocycles. The van der Waals surface area contributed by atoms with E-state index in [2.05, 4.69) is 0 Å². The Morgan fingerprint density at radius 3 is 2.94 bits per heavy atom. The summed E-state index contributed by atoms with van der Waals surface area (Å²) < 4.78 is 5.47. The number of Topliss-reactive ketones (excluding diaryl/α,β-unsaturated/α-hetero) is 1. The molecule has 84 valence electrons. The zero-order valence-electron chi connectivity index (χ0n) is 8.81. The second kappa shape index (κ2) is 5.18. The molecular formula is C12H13NO2S. The summed E-state index contributed by atoms with van der Waals surface area (Å²) in [6.45, 7) is 0.595. The second-order valence-corrected chi connectivity index (χ2v) is 4.52. The summed E-state index contributed by atoms with van der Waals surface area (Å²) in [5, 5.41) is 0.967. The number of thioether (sulfide) groups is 1. The molecule has 0 aliphatic heterocycles. The summed E-state index contributed by atoms with van der Waals surface area (Å²) in [6.07, 6.45) is 0. The lowest BCUT2D eigenvalue weighted by Crippen LogP contribution is -2.06. The molecule has 3 nitrogen and oxygen atoms in total. The maximum atomic E-state index is 11.7. The zero-order valence-corrected chi connectivity index (χ0v) is 9.63. The van der Waals surface area contributed by atoms with E-state index in [9.17, 15) is 4.79 Å². The van der Waals surface area contributed by atoms with Crippen LogP contribution in [0.4, 0.5) is 0 Å². The molecule has 2 N–H and O–H groups in total. The minimum absolute atomic E-state index is 0.0228. The van der Waals surface area contributed by atoms with E-state index in [0.29, 0.717) is 18.1 Å². The Bertz CT molecular complexity index is 459. The molecule has 0 bridgehead atoms. The SMILES string of the molecule is NCCSCC(=O)c1cc2ccccc2o1. The molecule has 0 radical (unpaired) electrons. The van der Waals surface area contributed by atoms with Gasteiger partial charge in [0.1, 0.15) is 5.58 Å². The van der Waals surface area contributed by atoms with Gasteiger partial charge in [0.2, 0.25) is 5.78 Å². The summed E-state index contributed by atoms with van der Waals surface area (Å²) in [4.78, 5) is 11.7. The highest BCUT2D eigenvalue weighted by molar-refractivity contribution is 8.00. The first kappa shape index (κ1) is 11.2. The number of ketones is 1. The highest BCUT2D eigenvalue weighted by atomic mass is 32.2. The van der Waals surface area contributed by atoms with E-state index in [1.54, 1.807) is 6.07 Å². The summed E-state index contributed by atoms with van der Waals surface area (Å²) in [6, 6.07) is 9.40. The van der Waals surface area contributed by atoms with Crippen LogP contribution >= 0.6 is 11.8 Å². The molecule has 2 rings (SSSR count). The van der Waals surface area contributed by atoms with E-state index < -0.39 is 0 Å². The van der Waals surface area contributed by atoms with Gasteiger partial charge in [-0.1, -0.05) is 18.2 Å². The number of carbonyl (C=O) groups is 1. The fourth-order valence-electron chi connectivity index (χ4n) is 1.44. The van der Waals surface area contributed by atoms with Crippen molar-refractivity contribution in [2.45, 2.75) is 0 Å². The topological polar surface area (TPSA) is 56.2 Å². The zero-order chi connectivity index (χ0) is 11.4. The third-order valence-corrected chi connectivity index (χ3v) is 3.19.